The molecule has 1 atom stereocenters. The lowest BCUT2D eigenvalue weighted by Crippen LogP contribution is -2.34. The van der Waals surface area contributed by atoms with Gasteiger partial charge in [0.15, 0.2) is 0 Å². The number of likely N-dealkylation sites (tertiary alicyclic amines) is 1. The average Bonchev–Trinajstić information content (AvgIpc) is 3.38. The minimum atomic E-state index is 0.127. The molecule has 4 rings (SSSR count). The van der Waals surface area contributed by atoms with E-state index in [4.69, 9.17) is 5.11 Å². The first-order valence-electron chi connectivity index (χ1n) is 10.4. The second-order valence-electron chi connectivity index (χ2n) is 8.10. The molecule has 1 saturated heterocycles. The smallest absolute Gasteiger partial charge is 0.137 e. The van der Waals surface area contributed by atoms with Gasteiger partial charge in [0, 0.05) is 25.2 Å². The number of hydrogen-bond donors (Lipinski definition) is 1. The van der Waals surface area contributed by atoms with Crippen LogP contribution in [-0.4, -0.2) is 54.2 Å². The van der Waals surface area contributed by atoms with Crippen molar-refractivity contribution in [1.29, 1.82) is 0 Å². The molecule has 1 N–H and O–H groups in total. The van der Waals surface area contributed by atoms with Crippen molar-refractivity contribution in [3.63, 3.8) is 0 Å². The van der Waals surface area contributed by atoms with E-state index in [2.05, 4.69) is 52.1 Å². The number of aliphatic hydroxyl groups excluding tert-OH is 1. The number of rotatable bonds is 7. The third-order valence-corrected chi connectivity index (χ3v) is 5.90. The van der Waals surface area contributed by atoms with Gasteiger partial charge in [-0.05, 0) is 61.6 Å². The molecule has 29 heavy (non-hydrogen) atoms. The molecule has 0 radical (unpaired) electrons. The van der Waals surface area contributed by atoms with Gasteiger partial charge < -0.3 is 5.11 Å². The minimum absolute atomic E-state index is 0.127. The molecule has 0 spiro atoms. The summed E-state index contributed by atoms with van der Waals surface area (Å²) in [4.78, 5) is 6.61. The maximum absolute atomic E-state index is 9.12. The largest absolute Gasteiger partial charge is 0.394 e. The van der Waals surface area contributed by atoms with Gasteiger partial charge in [0.2, 0.25) is 0 Å². The van der Waals surface area contributed by atoms with Gasteiger partial charge in [-0.25, -0.2) is 9.67 Å². The molecule has 154 valence electrons. The molecule has 3 heterocycles. The fraction of sp³-hybridized carbons (Fsp3) is 0.500. The molecule has 7 nitrogen and oxygen atoms in total. The first kappa shape index (κ1) is 19.8. The Labute approximate surface area is 172 Å². The van der Waals surface area contributed by atoms with Crippen molar-refractivity contribution in [1.82, 2.24) is 29.4 Å². The standard InChI is InChI=1S/C22H30N6O/c1-17-10-18(2)21(14-28-16-23-15-24-28)11-20(17)13-26-6-3-4-19(12-26)22-5-7-27(25-22)8-9-29/h5,7,10-11,15-16,19,29H,3-4,6,8-9,12-14H2,1-2H3/t19-/m1/s1. The minimum Gasteiger partial charge on any atom is -0.394 e. The number of aryl methyl sites for hydroxylation is 2. The highest BCUT2D eigenvalue weighted by Gasteiger charge is 2.23. The van der Waals surface area contributed by atoms with Crippen molar-refractivity contribution < 1.29 is 5.11 Å². The summed E-state index contributed by atoms with van der Waals surface area (Å²) >= 11 is 0. The Morgan fingerprint density at radius 3 is 2.69 bits per heavy atom. The zero-order valence-corrected chi connectivity index (χ0v) is 17.3. The first-order valence-corrected chi connectivity index (χ1v) is 10.4. The van der Waals surface area contributed by atoms with E-state index >= 15 is 0 Å². The fourth-order valence-corrected chi connectivity index (χ4v) is 4.28. The molecule has 2 aromatic heterocycles. The molecule has 1 aromatic carbocycles. The Kier molecular flexibility index (Phi) is 6.06. The van der Waals surface area contributed by atoms with E-state index in [1.54, 1.807) is 12.7 Å². The molecule has 0 bridgehead atoms. The molecular formula is C22H30N6O. The third kappa shape index (κ3) is 4.74. The van der Waals surface area contributed by atoms with Crippen LogP contribution in [0.2, 0.25) is 0 Å². The maximum atomic E-state index is 9.12. The van der Waals surface area contributed by atoms with Crippen molar-refractivity contribution in [2.24, 2.45) is 0 Å². The highest BCUT2D eigenvalue weighted by molar-refractivity contribution is 5.37. The molecule has 1 aliphatic heterocycles. The summed E-state index contributed by atoms with van der Waals surface area (Å²) in [5.74, 6) is 0.462. The van der Waals surface area contributed by atoms with Crippen LogP contribution in [0.3, 0.4) is 0 Å². The summed E-state index contributed by atoms with van der Waals surface area (Å²) in [6.07, 6.45) is 7.70. The highest BCUT2D eigenvalue weighted by atomic mass is 16.3. The summed E-state index contributed by atoms with van der Waals surface area (Å²) in [5, 5.41) is 18.0. The van der Waals surface area contributed by atoms with Crippen LogP contribution in [0.15, 0.2) is 37.1 Å². The summed E-state index contributed by atoms with van der Waals surface area (Å²) in [7, 11) is 0. The number of hydrogen-bond acceptors (Lipinski definition) is 5. The highest BCUT2D eigenvalue weighted by Crippen LogP contribution is 2.28. The van der Waals surface area contributed by atoms with Crippen LogP contribution in [0.4, 0.5) is 0 Å². The lowest BCUT2D eigenvalue weighted by atomic mass is 9.93. The zero-order chi connectivity index (χ0) is 20.2. The number of nitrogens with zero attached hydrogens (tertiary/aromatic N) is 6. The third-order valence-electron chi connectivity index (χ3n) is 5.90. The maximum Gasteiger partial charge on any atom is 0.137 e. The Balaban J connectivity index is 1.46. The van der Waals surface area contributed by atoms with Crippen molar-refractivity contribution in [3.8, 4) is 0 Å². The van der Waals surface area contributed by atoms with E-state index < -0.39 is 0 Å². The molecule has 1 aliphatic rings. The molecule has 3 aromatic rings. The summed E-state index contributed by atoms with van der Waals surface area (Å²) < 4.78 is 3.72. The van der Waals surface area contributed by atoms with E-state index in [9.17, 15) is 0 Å². The molecule has 1 fully saturated rings. The SMILES string of the molecule is Cc1cc(C)c(Cn2cncn2)cc1CN1CCC[C@@H](c2ccn(CCO)n2)C1. The average molecular weight is 395 g/mol. The van der Waals surface area contributed by atoms with Crippen molar-refractivity contribution in [2.75, 3.05) is 19.7 Å². The van der Waals surface area contributed by atoms with E-state index in [0.29, 0.717) is 12.5 Å². The normalized spacial score (nSPS) is 17.7. The molecule has 0 saturated carbocycles. The van der Waals surface area contributed by atoms with Crippen LogP contribution in [0, 0.1) is 13.8 Å². The van der Waals surface area contributed by atoms with Crippen molar-refractivity contribution in [2.45, 2.75) is 52.2 Å². The van der Waals surface area contributed by atoms with E-state index in [1.807, 2.05) is 15.6 Å². The van der Waals surface area contributed by atoms with Gasteiger partial charge in [-0.2, -0.15) is 10.2 Å². The quantitative estimate of drug-likeness (QED) is 0.667. The van der Waals surface area contributed by atoms with Gasteiger partial charge in [-0.1, -0.05) is 12.1 Å². The van der Waals surface area contributed by atoms with Crippen molar-refractivity contribution in [3.05, 3.63) is 65.0 Å². The Bertz CT molecular complexity index is 933. The molecular weight excluding hydrogens is 364 g/mol. The van der Waals surface area contributed by atoms with Crippen LogP contribution in [-0.2, 0) is 19.6 Å². The number of benzene rings is 1. The Hall–Kier alpha value is -2.51. The number of piperidine rings is 1. The van der Waals surface area contributed by atoms with Crippen LogP contribution < -0.4 is 0 Å². The van der Waals surface area contributed by atoms with Gasteiger partial charge >= 0.3 is 0 Å². The van der Waals surface area contributed by atoms with Crippen LogP contribution in [0.25, 0.3) is 0 Å². The second kappa shape index (κ2) is 8.88. The zero-order valence-electron chi connectivity index (χ0n) is 17.3. The van der Waals surface area contributed by atoms with Crippen LogP contribution in [0.5, 0.6) is 0 Å². The molecule has 0 unspecified atom stereocenters. The lowest BCUT2D eigenvalue weighted by molar-refractivity contribution is 0.197. The summed E-state index contributed by atoms with van der Waals surface area (Å²) in [6, 6.07) is 6.74. The van der Waals surface area contributed by atoms with Gasteiger partial charge in [0.05, 0.1) is 25.4 Å². The summed E-state index contributed by atoms with van der Waals surface area (Å²) in [5.41, 5.74) is 6.48. The Morgan fingerprint density at radius 2 is 1.93 bits per heavy atom. The van der Waals surface area contributed by atoms with Crippen LogP contribution >= 0.6 is 0 Å². The van der Waals surface area contributed by atoms with Crippen LogP contribution in [0.1, 0.15) is 46.7 Å². The number of aromatic nitrogens is 5. The molecule has 7 heteroatoms. The van der Waals surface area contributed by atoms with Crippen molar-refractivity contribution >= 4 is 0 Å². The molecule has 0 aliphatic carbocycles. The van der Waals surface area contributed by atoms with E-state index in [0.717, 1.165) is 31.9 Å². The van der Waals surface area contributed by atoms with Gasteiger partial charge in [-0.15, -0.1) is 0 Å². The summed E-state index contributed by atoms with van der Waals surface area (Å²) in [6.45, 7) is 8.94. The monoisotopic (exact) mass is 394 g/mol. The van der Waals surface area contributed by atoms with Gasteiger partial charge in [0.25, 0.3) is 0 Å². The fourth-order valence-electron chi connectivity index (χ4n) is 4.28. The first-order chi connectivity index (χ1) is 14.1. The molecule has 0 amide bonds. The number of aliphatic hydroxyl groups is 1. The predicted octanol–water partition coefficient (Wildman–Crippen LogP) is 2.51. The topological polar surface area (TPSA) is 72.0 Å². The van der Waals surface area contributed by atoms with Gasteiger partial charge in [0.1, 0.15) is 12.7 Å². The Morgan fingerprint density at radius 1 is 1.10 bits per heavy atom. The van der Waals surface area contributed by atoms with E-state index in [1.165, 1.54) is 35.1 Å². The van der Waals surface area contributed by atoms with Gasteiger partial charge in [-0.3, -0.25) is 9.58 Å². The predicted molar refractivity (Wildman–Crippen MR) is 112 cm³/mol. The lowest BCUT2D eigenvalue weighted by Gasteiger charge is -2.32. The second-order valence-corrected chi connectivity index (χ2v) is 8.10. The van der Waals surface area contributed by atoms with E-state index in [-0.39, 0.29) is 6.61 Å².